The van der Waals surface area contributed by atoms with Crippen LogP contribution < -0.4 is 9.62 Å². The summed E-state index contributed by atoms with van der Waals surface area (Å²) >= 11 is 11.7. The van der Waals surface area contributed by atoms with Gasteiger partial charge in [0.2, 0.25) is 0 Å². The fourth-order valence-corrected chi connectivity index (χ4v) is 3.83. The first-order valence-corrected chi connectivity index (χ1v) is 8.01. The zero-order valence-corrected chi connectivity index (χ0v) is 12.7. The van der Waals surface area contributed by atoms with Gasteiger partial charge in [0, 0.05) is 0 Å². The molecule has 0 spiro atoms. The van der Waals surface area contributed by atoms with Crippen molar-refractivity contribution < 1.29 is 13.2 Å². The van der Waals surface area contributed by atoms with Crippen molar-refractivity contribution in [2.45, 2.75) is 4.90 Å². The van der Waals surface area contributed by atoms with E-state index < -0.39 is 16.1 Å². The van der Waals surface area contributed by atoms with Crippen molar-refractivity contribution in [3.63, 3.8) is 0 Å². The van der Waals surface area contributed by atoms with Gasteiger partial charge in [0.15, 0.2) is 0 Å². The largest absolute Gasteiger partial charge is 0.340 e. The van der Waals surface area contributed by atoms with Crippen LogP contribution in [0.25, 0.3) is 0 Å². The molecule has 1 aliphatic heterocycles. The number of amides is 2. The Morgan fingerprint density at radius 2 is 1.71 bits per heavy atom. The molecule has 1 aliphatic rings. The highest BCUT2D eigenvalue weighted by molar-refractivity contribution is 7.94. The van der Waals surface area contributed by atoms with E-state index in [1.165, 1.54) is 30.3 Å². The summed E-state index contributed by atoms with van der Waals surface area (Å²) in [5.74, 6) is 0. The van der Waals surface area contributed by atoms with Crippen molar-refractivity contribution in [1.29, 1.82) is 0 Å². The summed E-state index contributed by atoms with van der Waals surface area (Å²) in [5.41, 5.74) is 0.371. The molecule has 0 atom stereocenters. The number of fused-ring (bicyclic) bond motifs is 1. The lowest BCUT2D eigenvalue weighted by molar-refractivity contribution is 0.259. The minimum atomic E-state index is -4.00. The van der Waals surface area contributed by atoms with Crippen LogP contribution >= 0.6 is 23.2 Å². The van der Waals surface area contributed by atoms with Gasteiger partial charge in [-0.05, 0) is 30.3 Å². The molecule has 0 aliphatic carbocycles. The quantitative estimate of drug-likeness (QED) is 0.858. The molecule has 0 bridgehead atoms. The van der Waals surface area contributed by atoms with Crippen LogP contribution in [0.1, 0.15) is 0 Å². The first kappa shape index (κ1) is 14.2. The number of para-hydroxylation sites is 1. The number of nitrogens with one attached hydrogen (secondary N) is 1. The molecule has 2 aromatic carbocycles. The minimum absolute atomic E-state index is 0.0238. The Balaban J connectivity index is 2.20. The third-order valence-corrected chi connectivity index (χ3v) is 5.48. The van der Waals surface area contributed by atoms with E-state index in [1.54, 1.807) is 12.1 Å². The summed E-state index contributed by atoms with van der Waals surface area (Å²) in [5, 5.41) is 2.97. The summed E-state index contributed by atoms with van der Waals surface area (Å²) in [6, 6.07) is 9.58. The fraction of sp³-hybridized carbons (Fsp3) is 0. The second-order valence-corrected chi connectivity index (χ2v) is 6.86. The molecule has 0 saturated heterocycles. The summed E-state index contributed by atoms with van der Waals surface area (Å²) in [4.78, 5) is 12.2. The summed E-state index contributed by atoms with van der Waals surface area (Å²) in [7, 11) is -4.00. The second kappa shape index (κ2) is 4.91. The first-order chi connectivity index (χ1) is 9.91. The highest BCUT2D eigenvalue weighted by Gasteiger charge is 2.37. The molecule has 108 valence electrons. The van der Waals surface area contributed by atoms with Crippen LogP contribution in [0.4, 0.5) is 16.2 Å². The Kier molecular flexibility index (Phi) is 3.32. The van der Waals surface area contributed by atoms with Crippen LogP contribution in [0.5, 0.6) is 0 Å². The number of halogens is 2. The van der Waals surface area contributed by atoms with Gasteiger partial charge >= 0.3 is 6.03 Å². The molecule has 0 fully saturated rings. The number of anilines is 2. The predicted molar refractivity (Wildman–Crippen MR) is 81.6 cm³/mol. The van der Waals surface area contributed by atoms with Crippen LogP contribution in [0.3, 0.4) is 0 Å². The van der Waals surface area contributed by atoms with Crippen molar-refractivity contribution in [2.75, 3.05) is 9.62 Å². The molecule has 0 aromatic heterocycles. The van der Waals surface area contributed by atoms with Crippen LogP contribution in [-0.4, -0.2) is 14.4 Å². The number of hydrogen-bond acceptors (Lipinski definition) is 3. The number of nitrogens with zero attached hydrogens (tertiary/aromatic N) is 1. The van der Waals surface area contributed by atoms with Crippen LogP contribution in [0.15, 0.2) is 47.4 Å². The lowest BCUT2D eigenvalue weighted by Crippen LogP contribution is -2.44. The molecule has 5 nitrogen and oxygen atoms in total. The van der Waals surface area contributed by atoms with Crippen molar-refractivity contribution in [3.05, 3.63) is 52.5 Å². The fourth-order valence-electron chi connectivity index (χ4n) is 2.04. The van der Waals surface area contributed by atoms with Gasteiger partial charge < -0.3 is 5.32 Å². The third-order valence-electron chi connectivity index (χ3n) is 2.97. The minimum Gasteiger partial charge on any atom is -0.305 e. The van der Waals surface area contributed by atoms with Crippen molar-refractivity contribution in [1.82, 2.24) is 0 Å². The summed E-state index contributed by atoms with van der Waals surface area (Å²) < 4.78 is 25.9. The molecule has 3 rings (SSSR count). The number of carbonyl (C=O) groups excluding carboxylic acids is 1. The molecular weight excluding hydrogens is 335 g/mol. The zero-order valence-electron chi connectivity index (χ0n) is 10.4. The highest BCUT2D eigenvalue weighted by atomic mass is 35.5. The Hall–Kier alpha value is -1.76. The van der Waals surface area contributed by atoms with E-state index in [-0.39, 0.29) is 26.3 Å². The number of rotatable bonds is 1. The average molecular weight is 343 g/mol. The molecule has 2 aromatic rings. The SMILES string of the molecule is O=C1Nc2ccccc2S(=O)(=O)N1c1ccc(Cl)c(Cl)c1. The van der Waals surface area contributed by atoms with Gasteiger partial charge in [0.1, 0.15) is 4.90 Å². The summed E-state index contributed by atoms with van der Waals surface area (Å²) in [6.07, 6.45) is 0. The highest BCUT2D eigenvalue weighted by Crippen LogP contribution is 2.35. The molecule has 0 radical (unpaired) electrons. The van der Waals surface area contributed by atoms with Gasteiger partial charge in [0.25, 0.3) is 10.0 Å². The number of carbonyl (C=O) groups is 1. The zero-order chi connectivity index (χ0) is 15.2. The van der Waals surface area contributed by atoms with Gasteiger partial charge in [-0.15, -0.1) is 0 Å². The second-order valence-electron chi connectivity index (χ2n) is 4.29. The van der Waals surface area contributed by atoms with Gasteiger partial charge in [-0.1, -0.05) is 35.3 Å². The van der Waals surface area contributed by atoms with Crippen LogP contribution in [0, 0.1) is 0 Å². The molecule has 0 saturated carbocycles. The van der Waals surface area contributed by atoms with E-state index in [1.807, 2.05) is 0 Å². The molecule has 8 heteroatoms. The number of benzene rings is 2. The monoisotopic (exact) mass is 342 g/mol. The van der Waals surface area contributed by atoms with E-state index in [0.717, 1.165) is 0 Å². The maximum atomic E-state index is 12.6. The molecule has 21 heavy (non-hydrogen) atoms. The van der Waals surface area contributed by atoms with Crippen LogP contribution in [-0.2, 0) is 10.0 Å². The molecule has 1 heterocycles. The van der Waals surface area contributed by atoms with E-state index in [4.69, 9.17) is 23.2 Å². The van der Waals surface area contributed by atoms with Crippen LogP contribution in [0.2, 0.25) is 10.0 Å². The van der Waals surface area contributed by atoms with Crippen molar-refractivity contribution >= 4 is 50.6 Å². The lowest BCUT2D eigenvalue weighted by Gasteiger charge is -2.28. The van der Waals surface area contributed by atoms with Gasteiger partial charge in [-0.25, -0.2) is 13.2 Å². The van der Waals surface area contributed by atoms with Gasteiger partial charge in [-0.3, -0.25) is 0 Å². The smallest absolute Gasteiger partial charge is 0.305 e. The maximum Gasteiger partial charge on any atom is 0.340 e. The summed E-state index contributed by atoms with van der Waals surface area (Å²) in [6.45, 7) is 0. The van der Waals surface area contributed by atoms with Gasteiger partial charge in [-0.2, -0.15) is 4.31 Å². The molecule has 0 unspecified atom stereocenters. The van der Waals surface area contributed by atoms with Crippen molar-refractivity contribution in [3.8, 4) is 0 Å². The topological polar surface area (TPSA) is 66.5 Å². The maximum absolute atomic E-state index is 12.6. The number of hydrogen-bond donors (Lipinski definition) is 1. The molecule has 2 amide bonds. The number of urea groups is 1. The standard InChI is InChI=1S/C13H8Cl2N2O3S/c14-9-6-5-8(7-10(9)15)17-13(18)16-11-3-1-2-4-12(11)21(17,19)20/h1-7H,(H,16,18). The molecule has 1 N–H and O–H groups in total. The Morgan fingerprint density at radius 3 is 2.43 bits per heavy atom. The average Bonchev–Trinajstić information content (AvgIpc) is 2.42. The Labute approximate surface area is 131 Å². The predicted octanol–water partition coefficient (Wildman–Crippen LogP) is 3.73. The van der Waals surface area contributed by atoms with Gasteiger partial charge in [0.05, 0.1) is 21.4 Å². The van der Waals surface area contributed by atoms with E-state index in [0.29, 0.717) is 4.31 Å². The third kappa shape index (κ3) is 2.25. The van der Waals surface area contributed by atoms with E-state index in [9.17, 15) is 13.2 Å². The number of sulfonamides is 1. The first-order valence-electron chi connectivity index (χ1n) is 5.81. The normalized spacial score (nSPS) is 16.3. The Bertz CT molecular complexity index is 852. The lowest BCUT2D eigenvalue weighted by atomic mass is 10.3. The molecular formula is C13H8Cl2N2O3S. The van der Waals surface area contributed by atoms with E-state index >= 15 is 0 Å². The van der Waals surface area contributed by atoms with E-state index in [2.05, 4.69) is 5.32 Å². The van der Waals surface area contributed by atoms with Crippen molar-refractivity contribution in [2.24, 2.45) is 0 Å². The Morgan fingerprint density at radius 1 is 1.00 bits per heavy atom.